The lowest BCUT2D eigenvalue weighted by atomic mass is 10.1. The Hall–Kier alpha value is -1.20. The molecule has 1 aromatic carbocycles. The van der Waals surface area contributed by atoms with Crippen LogP contribution in [-0.2, 0) is 6.54 Å². The van der Waals surface area contributed by atoms with Gasteiger partial charge in [-0.05, 0) is 45.1 Å². The van der Waals surface area contributed by atoms with E-state index in [1.54, 1.807) is 23.5 Å². The lowest BCUT2D eigenvalue weighted by molar-refractivity contribution is 0.112. The van der Waals surface area contributed by atoms with Crippen molar-refractivity contribution in [1.82, 2.24) is 0 Å². The van der Waals surface area contributed by atoms with Gasteiger partial charge in [0.15, 0.2) is 6.29 Å². The molecule has 5 heteroatoms. The van der Waals surface area contributed by atoms with Gasteiger partial charge in [-0.1, -0.05) is 6.07 Å². The lowest BCUT2D eigenvalue weighted by Crippen LogP contribution is -2.18. The summed E-state index contributed by atoms with van der Waals surface area (Å²) in [5, 5.41) is 2.03. The van der Waals surface area contributed by atoms with E-state index in [1.165, 1.54) is 6.07 Å². The van der Waals surface area contributed by atoms with Crippen LogP contribution >= 0.6 is 27.3 Å². The zero-order valence-corrected chi connectivity index (χ0v) is 12.1. The third-order valence-electron chi connectivity index (χ3n) is 2.60. The Morgan fingerprint density at radius 2 is 2.28 bits per heavy atom. The number of anilines is 1. The molecule has 0 saturated carbocycles. The Labute approximate surface area is 117 Å². The van der Waals surface area contributed by atoms with E-state index < -0.39 is 5.82 Å². The van der Waals surface area contributed by atoms with Crippen LogP contribution in [-0.4, -0.2) is 13.3 Å². The van der Waals surface area contributed by atoms with Crippen LogP contribution in [0.15, 0.2) is 33.4 Å². The molecule has 0 amide bonds. The zero-order chi connectivity index (χ0) is 13.1. The van der Waals surface area contributed by atoms with E-state index in [9.17, 15) is 9.18 Å². The molecule has 0 atom stereocenters. The molecule has 0 fully saturated rings. The summed E-state index contributed by atoms with van der Waals surface area (Å²) in [4.78, 5) is 12.8. The van der Waals surface area contributed by atoms with Gasteiger partial charge in [0.1, 0.15) is 5.82 Å². The first-order chi connectivity index (χ1) is 8.61. The highest BCUT2D eigenvalue weighted by molar-refractivity contribution is 9.11. The summed E-state index contributed by atoms with van der Waals surface area (Å²) in [7, 11) is 1.84. The monoisotopic (exact) mass is 327 g/mol. The molecule has 0 aliphatic rings. The van der Waals surface area contributed by atoms with Crippen LogP contribution < -0.4 is 4.90 Å². The predicted octanol–water partition coefficient (Wildman–Crippen LogP) is 4.10. The van der Waals surface area contributed by atoms with Gasteiger partial charge in [0.25, 0.3) is 0 Å². The van der Waals surface area contributed by atoms with Crippen molar-refractivity contribution in [1.29, 1.82) is 0 Å². The van der Waals surface area contributed by atoms with E-state index in [4.69, 9.17) is 0 Å². The van der Waals surface area contributed by atoms with Gasteiger partial charge in [-0.25, -0.2) is 4.39 Å². The smallest absolute Gasteiger partial charge is 0.155 e. The van der Waals surface area contributed by atoms with Gasteiger partial charge in [0, 0.05) is 13.6 Å². The minimum absolute atomic E-state index is 0.106. The van der Waals surface area contributed by atoms with E-state index in [0.717, 1.165) is 9.35 Å². The normalized spacial score (nSPS) is 10.4. The second kappa shape index (κ2) is 5.63. The van der Waals surface area contributed by atoms with Crippen LogP contribution in [0.4, 0.5) is 10.1 Å². The molecule has 2 rings (SSSR count). The Balaban J connectivity index is 2.26. The molecule has 2 nitrogen and oxygen atoms in total. The maximum absolute atomic E-state index is 13.5. The quantitative estimate of drug-likeness (QED) is 0.788. The molecule has 0 unspecified atom stereocenters. The molecule has 0 saturated heterocycles. The van der Waals surface area contributed by atoms with Gasteiger partial charge in [0.05, 0.1) is 15.0 Å². The van der Waals surface area contributed by atoms with Crippen LogP contribution in [0, 0.1) is 5.82 Å². The Morgan fingerprint density at radius 1 is 1.50 bits per heavy atom. The number of aldehydes is 1. The number of hydrogen-bond donors (Lipinski definition) is 0. The zero-order valence-electron chi connectivity index (χ0n) is 9.69. The molecule has 0 spiro atoms. The maximum Gasteiger partial charge on any atom is 0.155 e. The van der Waals surface area contributed by atoms with Crippen molar-refractivity contribution in [3.8, 4) is 0 Å². The number of benzene rings is 1. The van der Waals surface area contributed by atoms with Gasteiger partial charge in [-0.2, -0.15) is 0 Å². The third-order valence-corrected chi connectivity index (χ3v) is 4.15. The van der Waals surface area contributed by atoms with Gasteiger partial charge in [0.2, 0.25) is 0 Å². The van der Waals surface area contributed by atoms with Crippen molar-refractivity contribution >= 4 is 39.2 Å². The first-order valence-corrected chi connectivity index (χ1v) is 6.97. The van der Waals surface area contributed by atoms with Crippen molar-refractivity contribution < 1.29 is 9.18 Å². The molecule has 1 heterocycles. The SMILES string of the molecule is CN(Cc1csc(Br)c1)c1cccc(F)c1C=O. The first-order valence-electron chi connectivity index (χ1n) is 5.29. The van der Waals surface area contributed by atoms with Crippen molar-refractivity contribution in [2.24, 2.45) is 0 Å². The van der Waals surface area contributed by atoms with E-state index in [2.05, 4.69) is 15.9 Å². The van der Waals surface area contributed by atoms with Crippen LogP contribution in [0.3, 0.4) is 0 Å². The van der Waals surface area contributed by atoms with Crippen molar-refractivity contribution in [2.45, 2.75) is 6.54 Å². The Kier molecular flexibility index (Phi) is 4.14. The Bertz CT molecular complexity index is 570. The second-order valence-corrected chi connectivity index (χ2v) is 6.20. The summed E-state index contributed by atoms with van der Waals surface area (Å²) in [5.41, 5.74) is 1.83. The van der Waals surface area contributed by atoms with E-state index in [0.29, 0.717) is 18.5 Å². The molecule has 0 radical (unpaired) electrons. The number of hydrogen-bond acceptors (Lipinski definition) is 3. The van der Waals surface area contributed by atoms with Crippen LogP contribution in [0.2, 0.25) is 0 Å². The largest absolute Gasteiger partial charge is 0.370 e. The van der Waals surface area contributed by atoms with Crippen LogP contribution in [0.25, 0.3) is 0 Å². The van der Waals surface area contributed by atoms with Crippen molar-refractivity contribution in [2.75, 3.05) is 11.9 Å². The molecule has 0 bridgehead atoms. The van der Waals surface area contributed by atoms with E-state index in [1.807, 2.05) is 23.4 Å². The van der Waals surface area contributed by atoms with Crippen molar-refractivity contribution in [3.05, 3.63) is 50.4 Å². The minimum Gasteiger partial charge on any atom is -0.370 e. The van der Waals surface area contributed by atoms with E-state index >= 15 is 0 Å². The maximum atomic E-state index is 13.5. The molecule has 2 aromatic rings. The number of carbonyl (C=O) groups excluding carboxylic acids is 1. The highest BCUT2D eigenvalue weighted by Crippen LogP contribution is 2.25. The van der Waals surface area contributed by atoms with Crippen LogP contribution in [0.5, 0.6) is 0 Å². The standard InChI is InChI=1S/C13H11BrFNOS/c1-16(6-9-5-13(14)18-8-9)12-4-2-3-11(15)10(12)7-17/h2-5,7-8H,6H2,1H3. The fourth-order valence-corrected chi connectivity index (χ4v) is 2.96. The highest BCUT2D eigenvalue weighted by atomic mass is 79.9. The van der Waals surface area contributed by atoms with Gasteiger partial charge >= 0.3 is 0 Å². The predicted molar refractivity (Wildman–Crippen MR) is 75.9 cm³/mol. The number of nitrogens with zero attached hydrogens (tertiary/aromatic N) is 1. The summed E-state index contributed by atoms with van der Waals surface area (Å²) >= 11 is 5.00. The summed E-state index contributed by atoms with van der Waals surface area (Å²) < 4.78 is 14.5. The first kappa shape index (κ1) is 13.2. The number of carbonyl (C=O) groups is 1. The fourth-order valence-electron chi connectivity index (χ4n) is 1.76. The van der Waals surface area contributed by atoms with Gasteiger partial charge in [-0.15, -0.1) is 11.3 Å². The third kappa shape index (κ3) is 2.79. The average molecular weight is 328 g/mol. The molecular formula is C13H11BrFNOS. The number of rotatable bonds is 4. The lowest BCUT2D eigenvalue weighted by Gasteiger charge is -2.20. The van der Waals surface area contributed by atoms with Gasteiger partial charge in [-0.3, -0.25) is 4.79 Å². The summed E-state index contributed by atoms with van der Waals surface area (Å²) in [6.45, 7) is 0.631. The van der Waals surface area contributed by atoms with Crippen molar-refractivity contribution in [3.63, 3.8) is 0 Å². The minimum atomic E-state index is -0.485. The van der Waals surface area contributed by atoms with Gasteiger partial charge < -0.3 is 4.90 Å². The molecule has 0 aliphatic carbocycles. The number of thiophene rings is 1. The molecular weight excluding hydrogens is 317 g/mol. The Morgan fingerprint density at radius 3 is 2.89 bits per heavy atom. The van der Waals surface area contributed by atoms with Crippen LogP contribution in [0.1, 0.15) is 15.9 Å². The summed E-state index contributed by atoms with van der Waals surface area (Å²) in [6.07, 6.45) is 0.560. The molecule has 1 aromatic heterocycles. The molecule has 0 aliphatic heterocycles. The summed E-state index contributed by atoms with van der Waals surface area (Å²) in [6, 6.07) is 6.66. The molecule has 0 N–H and O–H groups in total. The fraction of sp³-hybridized carbons (Fsp3) is 0.154. The summed E-state index contributed by atoms with van der Waals surface area (Å²) in [5.74, 6) is -0.485. The topological polar surface area (TPSA) is 20.3 Å². The average Bonchev–Trinajstić information content (AvgIpc) is 2.74. The second-order valence-electron chi connectivity index (χ2n) is 3.91. The van der Waals surface area contributed by atoms with E-state index in [-0.39, 0.29) is 5.56 Å². The highest BCUT2D eigenvalue weighted by Gasteiger charge is 2.12. The molecule has 18 heavy (non-hydrogen) atoms. The number of halogens is 2. The molecule has 94 valence electrons.